The molecule has 12 heteroatoms. The van der Waals surface area contributed by atoms with Crippen molar-refractivity contribution in [3.05, 3.63) is 59.0 Å². The summed E-state index contributed by atoms with van der Waals surface area (Å²) in [7, 11) is -0.703. The smallest absolute Gasteiger partial charge is 0.266 e. The third-order valence-electron chi connectivity index (χ3n) is 5.24. The van der Waals surface area contributed by atoms with Gasteiger partial charge in [0.15, 0.2) is 11.5 Å². The SMILES string of the molecule is COc1ccc(/C=C2\SC(=S)N(CCCCCC(=O)NNS(=O)(=O)c3ccccc3)C2=O)cc1OC. The Hall–Kier alpha value is -2.93. The molecular weight excluding hydrogens is 522 g/mol. The van der Waals surface area contributed by atoms with Crippen LogP contribution in [0.3, 0.4) is 0 Å². The Morgan fingerprint density at radius 3 is 2.47 bits per heavy atom. The van der Waals surface area contributed by atoms with E-state index in [1.165, 1.54) is 23.9 Å². The van der Waals surface area contributed by atoms with Crippen molar-refractivity contribution in [3.63, 3.8) is 0 Å². The van der Waals surface area contributed by atoms with Crippen molar-refractivity contribution < 1.29 is 27.5 Å². The number of thioether (sulfide) groups is 1. The number of carbonyl (C=O) groups is 2. The van der Waals surface area contributed by atoms with Gasteiger partial charge in [0.25, 0.3) is 15.9 Å². The highest BCUT2D eigenvalue weighted by atomic mass is 32.2. The fourth-order valence-corrected chi connectivity index (χ4v) is 5.55. The van der Waals surface area contributed by atoms with Gasteiger partial charge < -0.3 is 9.47 Å². The summed E-state index contributed by atoms with van der Waals surface area (Å²) in [6.45, 7) is 0.441. The van der Waals surface area contributed by atoms with E-state index in [0.29, 0.717) is 46.5 Å². The Bertz CT molecular complexity index is 1250. The van der Waals surface area contributed by atoms with E-state index in [4.69, 9.17) is 21.7 Å². The Labute approximate surface area is 220 Å². The molecule has 1 heterocycles. The molecule has 9 nitrogen and oxygen atoms in total. The number of thiocarbonyl (C=S) groups is 1. The largest absolute Gasteiger partial charge is 0.493 e. The van der Waals surface area contributed by atoms with Crippen molar-refractivity contribution in [2.45, 2.75) is 30.6 Å². The van der Waals surface area contributed by atoms with Crippen molar-refractivity contribution >= 4 is 56.2 Å². The monoisotopic (exact) mass is 549 g/mol. The van der Waals surface area contributed by atoms with Crippen LogP contribution >= 0.6 is 24.0 Å². The molecule has 0 atom stereocenters. The lowest BCUT2D eigenvalue weighted by Gasteiger charge is -2.14. The molecule has 36 heavy (non-hydrogen) atoms. The molecule has 0 saturated carbocycles. The van der Waals surface area contributed by atoms with Gasteiger partial charge in [0.2, 0.25) is 5.91 Å². The second-order valence-corrected chi connectivity index (χ2v) is 11.1. The first kappa shape index (κ1) is 27.7. The topological polar surface area (TPSA) is 114 Å². The third-order valence-corrected chi connectivity index (χ3v) is 7.88. The van der Waals surface area contributed by atoms with Crippen molar-refractivity contribution in [1.29, 1.82) is 0 Å². The number of sulfonamides is 1. The minimum Gasteiger partial charge on any atom is -0.493 e. The maximum Gasteiger partial charge on any atom is 0.266 e. The van der Waals surface area contributed by atoms with Crippen LogP contribution in [-0.4, -0.2) is 50.2 Å². The van der Waals surface area contributed by atoms with Gasteiger partial charge >= 0.3 is 0 Å². The fourth-order valence-electron chi connectivity index (χ4n) is 3.36. The first-order chi connectivity index (χ1) is 17.2. The molecule has 1 fully saturated rings. The number of carbonyl (C=O) groups excluding carboxylic acids is 2. The summed E-state index contributed by atoms with van der Waals surface area (Å²) in [5.41, 5.74) is 3.02. The first-order valence-corrected chi connectivity index (χ1v) is 13.8. The number of methoxy groups -OCH3 is 2. The molecule has 1 saturated heterocycles. The molecule has 2 aromatic rings. The van der Waals surface area contributed by atoms with E-state index in [1.807, 2.05) is 6.07 Å². The molecule has 1 aliphatic rings. The lowest BCUT2D eigenvalue weighted by molar-refractivity contribution is -0.123. The molecule has 2 amide bonds. The number of unbranched alkanes of at least 4 members (excludes halogenated alkanes) is 2. The Morgan fingerprint density at radius 1 is 1.06 bits per heavy atom. The summed E-state index contributed by atoms with van der Waals surface area (Å²) in [6.07, 6.45) is 3.77. The van der Waals surface area contributed by atoms with E-state index >= 15 is 0 Å². The van der Waals surface area contributed by atoms with Gasteiger partial charge in [0.1, 0.15) is 4.32 Å². The van der Waals surface area contributed by atoms with E-state index in [1.54, 1.807) is 55.5 Å². The van der Waals surface area contributed by atoms with Gasteiger partial charge in [-0.1, -0.05) is 54.7 Å². The quantitative estimate of drug-likeness (QED) is 0.179. The Morgan fingerprint density at radius 2 is 1.78 bits per heavy atom. The number of nitrogens with one attached hydrogen (secondary N) is 2. The molecule has 0 aromatic heterocycles. The number of hydrazine groups is 1. The molecule has 2 aromatic carbocycles. The van der Waals surface area contributed by atoms with E-state index in [-0.39, 0.29) is 17.2 Å². The zero-order valence-corrected chi connectivity index (χ0v) is 22.3. The summed E-state index contributed by atoms with van der Waals surface area (Å²) in [5, 5.41) is 0. The highest BCUT2D eigenvalue weighted by Crippen LogP contribution is 2.34. The van der Waals surface area contributed by atoms with Crippen LogP contribution in [0.5, 0.6) is 11.5 Å². The number of hydrogen-bond acceptors (Lipinski definition) is 8. The number of benzene rings is 2. The molecule has 0 radical (unpaired) electrons. The average Bonchev–Trinajstić information content (AvgIpc) is 3.14. The zero-order valence-electron chi connectivity index (χ0n) is 19.9. The molecule has 0 aliphatic carbocycles. The first-order valence-electron chi connectivity index (χ1n) is 11.1. The second-order valence-electron chi connectivity index (χ2n) is 7.73. The van der Waals surface area contributed by atoms with E-state index in [0.717, 1.165) is 5.56 Å². The third kappa shape index (κ3) is 7.29. The van der Waals surface area contributed by atoms with Gasteiger partial charge in [-0.15, -0.1) is 4.83 Å². The average molecular weight is 550 g/mol. The lowest BCUT2D eigenvalue weighted by atomic mass is 10.1. The number of hydrogen-bond donors (Lipinski definition) is 2. The molecular formula is C24H27N3O6S3. The fraction of sp³-hybridized carbons (Fsp3) is 0.292. The van der Waals surface area contributed by atoms with Crippen LogP contribution in [0.2, 0.25) is 0 Å². The van der Waals surface area contributed by atoms with Crippen molar-refractivity contribution in [2.75, 3.05) is 20.8 Å². The van der Waals surface area contributed by atoms with Gasteiger partial charge in [-0.3, -0.25) is 19.9 Å². The minimum absolute atomic E-state index is 0.0639. The molecule has 0 bridgehead atoms. The van der Waals surface area contributed by atoms with Crippen molar-refractivity contribution in [2.24, 2.45) is 0 Å². The Kier molecular flexibility index (Phi) is 9.88. The van der Waals surface area contributed by atoms with Gasteiger partial charge in [-0.05, 0) is 48.7 Å². The highest BCUT2D eigenvalue weighted by Gasteiger charge is 2.31. The maximum atomic E-state index is 12.8. The van der Waals surface area contributed by atoms with Crippen LogP contribution < -0.4 is 19.7 Å². The zero-order chi connectivity index (χ0) is 26.1. The summed E-state index contributed by atoms with van der Waals surface area (Å²) in [5.74, 6) is 0.578. The molecule has 0 unspecified atom stereocenters. The molecule has 0 spiro atoms. The van der Waals surface area contributed by atoms with Gasteiger partial charge in [-0.2, -0.15) is 0 Å². The van der Waals surface area contributed by atoms with Crippen LogP contribution in [0.25, 0.3) is 6.08 Å². The lowest BCUT2D eigenvalue weighted by Crippen LogP contribution is -2.41. The van der Waals surface area contributed by atoms with Crippen LogP contribution in [0.1, 0.15) is 31.2 Å². The predicted molar refractivity (Wildman–Crippen MR) is 143 cm³/mol. The van der Waals surface area contributed by atoms with Crippen LogP contribution in [0.15, 0.2) is 58.3 Å². The Balaban J connectivity index is 1.42. The van der Waals surface area contributed by atoms with Crippen LogP contribution in [0.4, 0.5) is 0 Å². The molecule has 192 valence electrons. The second kappa shape index (κ2) is 12.9. The number of ether oxygens (including phenoxy) is 2. The number of amides is 2. The van der Waals surface area contributed by atoms with Gasteiger partial charge in [0, 0.05) is 13.0 Å². The maximum absolute atomic E-state index is 12.8. The predicted octanol–water partition coefficient (Wildman–Crippen LogP) is 3.48. The van der Waals surface area contributed by atoms with Crippen LogP contribution in [-0.2, 0) is 19.6 Å². The number of nitrogens with zero attached hydrogens (tertiary/aromatic N) is 1. The normalized spacial score (nSPS) is 14.8. The standard InChI is InChI=1S/C24H27N3O6S3/c1-32-19-13-12-17(15-20(19)33-2)16-21-23(29)27(24(34)35-21)14-8-4-7-11-22(28)25-26-36(30,31)18-9-5-3-6-10-18/h3,5-6,9-10,12-13,15-16,26H,4,7-8,11,14H2,1-2H3,(H,25,28)/b21-16-. The van der Waals surface area contributed by atoms with Crippen LogP contribution in [0, 0.1) is 0 Å². The molecule has 1 aliphatic heterocycles. The minimum atomic E-state index is -3.81. The van der Waals surface area contributed by atoms with E-state index in [2.05, 4.69) is 10.3 Å². The molecule has 2 N–H and O–H groups in total. The van der Waals surface area contributed by atoms with Crippen molar-refractivity contribution in [1.82, 2.24) is 15.2 Å². The summed E-state index contributed by atoms with van der Waals surface area (Å²) in [4.78, 5) is 29.1. The van der Waals surface area contributed by atoms with Gasteiger partial charge in [-0.25, -0.2) is 8.42 Å². The van der Waals surface area contributed by atoms with E-state index in [9.17, 15) is 18.0 Å². The number of rotatable bonds is 12. The van der Waals surface area contributed by atoms with E-state index < -0.39 is 15.9 Å². The summed E-state index contributed by atoms with van der Waals surface area (Å²) in [6, 6.07) is 13.2. The summed E-state index contributed by atoms with van der Waals surface area (Å²) >= 11 is 6.62. The molecule has 3 rings (SSSR count). The summed E-state index contributed by atoms with van der Waals surface area (Å²) < 4.78 is 35.3. The van der Waals surface area contributed by atoms with Crippen molar-refractivity contribution in [3.8, 4) is 11.5 Å². The van der Waals surface area contributed by atoms with Gasteiger partial charge in [0.05, 0.1) is 24.0 Å². The highest BCUT2D eigenvalue weighted by molar-refractivity contribution is 8.26.